The molecule has 2 aliphatic rings. The lowest BCUT2D eigenvalue weighted by molar-refractivity contribution is -0.136. The number of halogens is 1. The van der Waals surface area contributed by atoms with E-state index >= 15 is 0 Å². The molecule has 1 aromatic heterocycles. The van der Waals surface area contributed by atoms with E-state index in [-0.39, 0.29) is 23.8 Å². The smallest absolute Gasteiger partial charge is 0.250 e. The van der Waals surface area contributed by atoms with Crippen molar-refractivity contribution in [3.05, 3.63) is 83.2 Å². The lowest BCUT2D eigenvalue weighted by Crippen LogP contribution is -2.49. The van der Waals surface area contributed by atoms with Crippen LogP contribution in [0.4, 0.5) is 4.39 Å². The van der Waals surface area contributed by atoms with Gasteiger partial charge in [-0.2, -0.15) is 0 Å². The van der Waals surface area contributed by atoms with Gasteiger partial charge in [-0.05, 0) is 80.5 Å². The number of hydrogen-bond donors (Lipinski definition) is 0. The van der Waals surface area contributed by atoms with E-state index in [1.54, 1.807) is 25.6 Å². The predicted molar refractivity (Wildman–Crippen MR) is 126 cm³/mol. The highest BCUT2D eigenvalue weighted by Crippen LogP contribution is 2.41. The summed E-state index contributed by atoms with van der Waals surface area (Å²) in [7, 11) is 1.65. The molecule has 5 nitrogen and oxygen atoms in total. The Hall–Kier alpha value is -3.41. The van der Waals surface area contributed by atoms with Gasteiger partial charge in [-0.3, -0.25) is 4.79 Å². The van der Waals surface area contributed by atoms with Crippen LogP contribution in [0.3, 0.4) is 0 Å². The summed E-state index contributed by atoms with van der Waals surface area (Å²) in [5.74, 6) is 0.530. The second-order valence-corrected chi connectivity index (χ2v) is 8.93. The number of aromatic nitrogens is 2. The molecule has 170 valence electrons. The zero-order valence-electron chi connectivity index (χ0n) is 19.0. The molecular weight excluding hydrogens is 417 g/mol. The second kappa shape index (κ2) is 8.85. The highest BCUT2D eigenvalue weighted by atomic mass is 19.1. The van der Waals surface area contributed by atoms with E-state index in [4.69, 9.17) is 4.74 Å². The summed E-state index contributed by atoms with van der Waals surface area (Å²) in [6.45, 7) is 1.95. The van der Waals surface area contributed by atoms with Crippen molar-refractivity contribution in [2.75, 3.05) is 7.11 Å². The van der Waals surface area contributed by atoms with Crippen LogP contribution in [-0.2, 0) is 4.79 Å². The van der Waals surface area contributed by atoms with Crippen LogP contribution in [0.25, 0.3) is 11.8 Å². The summed E-state index contributed by atoms with van der Waals surface area (Å²) in [6, 6.07) is 12.8. The first-order valence-electron chi connectivity index (χ1n) is 11.5. The number of ether oxygens (including phenoxy) is 1. The molecule has 0 bridgehead atoms. The number of carbonyl (C=O) groups is 1. The number of carbonyl (C=O) groups excluding carboxylic acids is 1. The van der Waals surface area contributed by atoms with Gasteiger partial charge in [-0.25, -0.2) is 9.37 Å². The molecule has 0 N–H and O–H groups in total. The number of benzene rings is 2. The first kappa shape index (κ1) is 21.4. The molecule has 2 atom stereocenters. The molecule has 5 rings (SSSR count). The molecule has 0 saturated carbocycles. The number of piperidine rings is 2. The van der Waals surface area contributed by atoms with Crippen molar-refractivity contribution >= 4 is 12.0 Å². The van der Waals surface area contributed by atoms with Gasteiger partial charge in [-0.1, -0.05) is 18.2 Å². The third-order valence-electron chi connectivity index (χ3n) is 6.77. The van der Waals surface area contributed by atoms with E-state index in [1.165, 1.54) is 6.07 Å². The zero-order chi connectivity index (χ0) is 22.9. The number of hydrogen-bond acceptors (Lipinski definition) is 3. The number of amides is 1. The van der Waals surface area contributed by atoms with Gasteiger partial charge in [0.25, 0.3) is 5.91 Å². The summed E-state index contributed by atoms with van der Waals surface area (Å²) in [5, 5.41) is 0. The van der Waals surface area contributed by atoms with Crippen molar-refractivity contribution in [3.63, 3.8) is 0 Å². The molecule has 2 fully saturated rings. The van der Waals surface area contributed by atoms with Crippen LogP contribution in [0.1, 0.15) is 55.0 Å². The highest BCUT2D eigenvalue weighted by Gasteiger charge is 2.39. The quantitative estimate of drug-likeness (QED) is 0.489. The lowest BCUT2D eigenvalue weighted by Gasteiger charge is -2.46. The maximum atomic E-state index is 13.9. The van der Waals surface area contributed by atoms with E-state index in [2.05, 4.69) is 4.98 Å². The average Bonchev–Trinajstić information content (AvgIpc) is 3.26. The summed E-state index contributed by atoms with van der Waals surface area (Å²) >= 11 is 0. The van der Waals surface area contributed by atoms with E-state index in [0.717, 1.165) is 65.9 Å². The van der Waals surface area contributed by atoms with Crippen molar-refractivity contribution in [2.24, 2.45) is 0 Å². The van der Waals surface area contributed by atoms with Gasteiger partial charge in [0.05, 0.1) is 30.9 Å². The van der Waals surface area contributed by atoms with Gasteiger partial charge in [0.1, 0.15) is 11.6 Å². The molecule has 2 saturated heterocycles. The van der Waals surface area contributed by atoms with Crippen molar-refractivity contribution in [2.45, 2.75) is 51.1 Å². The maximum Gasteiger partial charge on any atom is 0.250 e. The van der Waals surface area contributed by atoms with E-state index < -0.39 is 0 Å². The maximum absolute atomic E-state index is 13.9. The number of nitrogens with zero attached hydrogens (tertiary/aromatic N) is 3. The SMILES string of the molecule is COc1cc(/C=C2\CC[C@@H]3CCC[C@H](c4cccc(F)c4)N3C2=O)ccc1-n1cnc(C)c1. The largest absolute Gasteiger partial charge is 0.495 e. The molecule has 33 heavy (non-hydrogen) atoms. The minimum Gasteiger partial charge on any atom is -0.495 e. The van der Waals surface area contributed by atoms with Crippen LogP contribution in [0.2, 0.25) is 0 Å². The highest BCUT2D eigenvalue weighted by molar-refractivity contribution is 5.99. The van der Waals surface area contributed by atoms with Crippen molar-refractivity contribution in [3.8, 4) is 11.4 Å². The molecule has 3 heterocycles. The fourth-order valence-corrected chi connectivity index (χ4v) is 5.19. The summed E-state index contributed by atoms with van der Waals surface area (Å²) in [4.78, 5) is 19.9. The molecule has 2 aliphatic heterocycles. The van der Waals surface area contributed by atoms with Crippen LogP contribution in [0.5, 0.6) is 5.75 Å². The summed E-state index contributed by atoms with van der Waals surface area (Å²) in [6.07, 6.45) is 10.3. The third-order valence-corrected chi connectivity index (χ3v) is 6.77. The normalized spacial score (nSPS) is 21.8. The van der Waals surface area contributed by atoms with Crippen LogP contribution < -0.4 is 4.74 Å². The van der Waals surface area contributed by atoms with Crippen LogP contribution >= 0.6 is 0 Å². The monoisotopic (exact) mass is 445 g/mol. The summed E-state index contributed by atoms with van der Waals surface area (Å²) < 4.78 is 21.5. The lowest BCUT2D eigenvalue weighted by atomic mass is 9.84. The third kappa shape index (κ3) is 4.17. The molecule has 1 amide bonds. The van der Waals surface area contributed by atoms with Gasteiger partial charge in [0.2, 0.25) is 0 Å². The topological polar surface area (TPSA) is 47.4 Å². The molecular formula is C27H28FN3O2. The Morgan fingerprint density at radius 2 is 2.03 bits per heavy atom. The Morgan fingerprint density at radius 3 is 2.79 bits per heavy atom. The number of aryl methyl sites for hydroxylation is 1. The minimum absolute atomic E-state index is 0.0634. The van der Waals surface area contributed by atoms with Gasteiger partial charge in [0, 0.05) is 17.8 Å². The van der Waals surface area contributed by atoms with Gasteiger partial charge < -0.3 is 14.2 Å². The van der Waals surface area contributed by atoms with E-state index in [0.29, 0.717) is 0 Å². The van der Waals surface area contributed by atoms with Gasteiger partial charge in [0.15, 0.2) is 0 Å². The van der Waals surface area contributed by atoms with Crippen LogP contribution in [-0.4, -0.2) is 33.5 Å². The molecule has 0 aliphatic carbocycles. The van der Waals surface area contributed by atoms with Crippen molar-refractivity contribution < 1.29 is 13.9 Å². The standard InChI is InChI=1S/C27H28FN3O2/c1-18-16-30(17-29-18)25-12-9-19(14-26(25)33-2)13-21-10-11-23-7-4-8-24(31(23)27(21)32)20-5-3-6-22(28)15-20/h3,5-6,9,12-17,23-24H,4,7-8,10-11H2,1-2H3/b21-13+/t23-,24+/m0/s1. The van der Waals surface area contributed by atoms with Crippen LogP contribution in [0, 0.1) is 12.7 Å². The first-order chi connectivity index (χ1) is 16.0. The minimum atomic E-state index is -0.255. The van der Waals surface area contributed by atoms with Gasteiger partial charge >= 0.3 is 0 Å². The Labute approximate surface area is 193 Å². The summed E-state index contributed by atoms with van der Waals surface area (Å²) in [5.41, 5.74) is 4.44. The second-order valence-electron chi connectivity index (χ2n) is 8.93. The number of imidazole rings is 1. The Morgan fingerprint density at radius 1 is 1.15 bits per heavy atom. The Kier molecular flexibility index (Phi) is 5.75. The Balaban J connectivity index is 1.45. The molecule has 0 radical (unpaired) electrons. The first-order valence-corrected chi connectivity index (χ1v) is 11.5. The fraction of sp³-hybridized carbons (Fsp3) is 0.333. The average molecular weight is 446 g/mol. The predicted octanol–water partition coefficient (Wildman–Crippen LogP) is 5.63. The van der Waals surface area contributed by atoms with E-state index in [9.17, 15) is 9.18 Å². The number of fused-ring (bicyclic) bond motifs is 1. The number of methoxy groups -OCH3 is 1. The zero-order valence-corrected chi connectivity index (χ0v) is 19.0. The van der Waals surface area contributed by atoms with Crippen LogP contribution in [0.15, 0.2) is 60.6 Å². The van der Waals surface area contributed by atoms with Crippen molar-refractivity contribution in [1.82, 2.24) is 14.5 Å². The molecule has 0 spiro atoms. The fourth-order valence-electron chi connectivity index (χ4n) is 5.19. The van der Waals surface area contributed by atoms with Gasteiger partial charge in [-0.15, -0.1) is 0 Å². The molecule has 6 heteroatoms. The molecule has 2 aromatic carbocycles. The molecule has 3 aromatic rings. The van der Waals surface area contributed by atoms with Crippen molar-refractivity contribution in [1.29, 1.82) is 0 Å². The van der Waals surface area contributed by atoms with E-state index in [1.807, 2.05) is 52.9 Å². The number of rotatable bonds is 4. The molecule has 0 unspecified atom stereocenters. The Bertz CT molecular complexity index is 1220.